The SMILES string of the molecule is CCOc1ccc(-c2csc(C(C#N)=Cc3ccc4c(c3)OCO4)n2)cc1. The first kappa shape index (κ1) is 17.1. The van der Waals surface area contributed by atoms with Crippen LogP contribution < -0.4 is 14.2 Å². The van der Waals surface area contributed by atoms with Crippen molar-refractivity contribution in [1.82, 2.24) is 4.98 Å². The lowest BCUT2D eigenvalue weighted by atomic mass is 10.1. The van der Waals surface area contributed by atoms with Gasteiger partial charge in [0.25, 0.3) is 0 Å². The van der Waals surface area contributed by atoms with Crippen LogP contribution in [0.15, 0.2) is 47.8 Å². The summed E-state index contributed by atoms with van der Waals surface area (Å²) in [5, 5.41) is 12.2. The van der Waals surface area contributed by atoms with Crippen LogP contribution in [0.1, 0.15) is 17.5 Å². The van der Waals surface area contributed by atoms with Crippen LogP contribution in [0.4, 0.5) is 0 Å². The highest BCUT2D eigenvalue weighted by atomic mass is 32.1. The second kappa shape index (κ2) is 7.52. The predicted octanol–water partition coefficient (Wildman–Crippen LogP) is 5.00. The summed E-state index contributed by atoms with van der Waals surface area (Å²) in [5.41, 5.74) is 3.20. The zero-order valence-corrected chi connectivity index (χ0v) is 15.5. The number of allylic oxidation sites excluding steroid dienone is 1. The Morgan fingerprint density at radius 1 is 1.22 bits per heavy atom. The van der Waals surface area contributed by atoms with Gasteiger partial charge in [0, 0.05) is 10.9 Å². The average molecular weight is 376 g/mol. The van der Waals surface area contributed by atoms with Crippen molar-refractivity contribution in [3.63, 3.8) is 0 Å². The van der Waals surface area contributed by atoms with Gasteiger partial charge in [-0.05, 0) is 55.0 Å². The molecule has 0 spiro atoms. The molecule has 0 N–H and O–H groups in total. The van der Waals surface area contributed by atoms with Crippen molar-refractivity contribution in [3.05, 3.63) is 58.4 Å². The molecule has 0 amide bonds. The molecule has 27 heavy (non-hydrogen) atoms. The fourth-order valence-corrected chi connectivity index (χ4v) is 3.52. The first-order valence-electron chi connectivity index (χ1n) is 8.47. The van der Waals surface area contributed by atoms with E-state index in [1.165, 1.54) is 11.3 Å². The molecule has 4 rings (SSSR count). The molecule has 1 aliphatic heterocycles. The first-order chi connectivity index (χ1) is 13.3. The third-order valence-electron chi connectivity index (χ3n) is 4.02. The molecule has 2 aromatic carbocycles. The number of nitriles is 1. The van der Waals surface area contributed by atoms with E-state index in [9.17, 15) is 5.26 Å². The molecule has 0 aliphatic carbocycles. The molecule has 0 bridgehead atoms. The van der Waals surface area contributed by atoms with Gasteiger partial charge in [0.05, 0.1) is 17.9 Å². The topological polar surface area (TPSA) is 64.4 Å². The molecule has 3 aromatic rings. The minimum atomic E-state index is 0.228. The molecule has 0 radical (unpaired) electrons. The predicted molar refractivity (Wildman–Crippen MR) is 105 cm³/mol. The van der Waals surface area contributed by atoms with Gasteiger partial charge in [-0.15, -0.1) is 11.3 Å². The number of hydrogen-bond acceptors (Lipinski definition) is 6. The Hall–Kier alpha value is -3.30. The van der Waals surface area contributed by atoms with E-state index in [-0.39, 0.29) is 6.79 Å². The maximum absolute atomic E-state index is 9.59. The van der Waals surface area contributed by atoms with Crippen LogP contribution in [0, 0.1) is 11.3 Å². The second-order valence-corrected chi connectivity index (χ2v) is 6.64. The number of fused-ring (bicyclic) bond motifs is 1. The summed E-state index contributed by atoms with van der Waals surface area (Å²) in [6, 6.07) is 15.6. The molecular formula is C21H16N2O3S. The number of thiazole rings is 1. The minimum absolute atomic E-state index is 0.228. The maximum atomic E-state index is 9.59. The van der Waals surface area contributed by atoms with Crippen LogP contribution in [0.3, 0.4) is 0 Å². The Kier molecular flexibility index (Phi) is 4.77. The second-order valence-electron chi connectivity index (χ2n) is 5.78. The molecule has 0 unspecified atom stereocenters. The molecule has 2 heterocycles. The molecule has 134 valence electrons. The summed E-state index contributed by atoms with van der Waals surface area (Å²) in [6.45, 7) is 2.82. The van der Waals surface area contributed by atoms with Gasteiger partial charge in [0.1, 0.15) is 16.8 Å². The quantitative estimate of drug-likeness (QED) is 0.586. The van der Waals surface area contributed by atoms with E-state index >= 15 is 0 Å². The van der Waals surface area contributed by atoms with Gasteiger partial charge in [-0.1, -0.05) is 6.07 Å². The highest BCUT2D eigenvalue weighted by molar-refractivity contribution is 7.11. The Balaban J connectivity index is 1.60. The van der Waals surface area contributed by atoms with Crippen LogP contribution in [-0.4, -0.2) is 18.4 Å². The smallest absolute Gasteiger partial charge is 0.231 e. The number of benzene rings is 2. The van der Waals surface area contributed by atoms with Crippen molar-refractivity contribution >= 4 is 23.0 Å². The van der Waals surface area contributed by atoms with Crippen molar-refractivity contribution < 1.29 is 14.2 Å². The van der Waals surface area contributed by atoms with Crippen LogP contribution >= 0.6 is 11.3 Å². The molecule has 0 fully saturated rings. The molecule has 0 atom stereocenters. The minimum Gasteiger partial charge on any atom is -0.494 e. The molecule has 0 saturated heterocycles. The molecule has 1 aromatic heterocycles. The van der Waals surface area contributed by atoms with Crippen molar-refractivity contribution in [3.8, 4) is 34.6 Å². The standard InChI is InChI=1S/C21H16N2O3S/c1-2-24-17-6-4-15(5-7-17)18-12-27-21(23-18)16(11-22)9-14-3-8-19-20(10-14)26-13-25-19/h3-10,12H,2,13H2,1H3. The lowest BCUT2D eigenvalue weighted by Gasteiger charge is -2.03. The Morgan fingerprint density at radius 3 is 2.81 bits per heavy atom. The zero-order chi connectivity index (χ0) is 18.6. The van der Waals surface area contributed by atoms with Crippen molar-refractivity contribution in [2.45, 2.75) is 6.92 Å². The molecule has 5 nitrogen and oxygen atoms in total. The van der Waals surface area contributed by atoms with E-state index in [2.05, 4.69) is 11.1 Å². The van der Waals surface area contributed by atoms with E-state index < -0.39 is 0 Å². The van der Waals surface area contributed by atoms with E-state index in [0.717, 1.165) is 28.3 Å². The summed E-state index contributed by atoms with van der Waals surface area (Å²) in [5.74, 6) is 2.24. The Morgan fingerprint density at radius 2 is 2.04 bits per heavy atom. The van der Waals surface area contributed by atoms with Crippen LogP contribution in [-0.2, 0) is 0 Å². The summed E-state index contributed by atoms with van der Waals surface area (Å²) in [7, 11) is 0. The summed E-state index contributed by atoms with van der Waals surface area (Å²) in [4.78, 5) is 4.63. The Labute approximate surface area is 161 Å². The van der Waals surface area contributed by atoms with Gasteiger partial charge in [-0.25, -0.2) is 4.98 Å². The van der Waals surface area contributed by atoms with Crippen LogP contribution in [0.25, 0.3) is 22.9 Å². The number of aromatic nitrogens is 1. The van der Waals surface area contributed by atoms with Gasteiger partial charge in [-0.2, -0.15) is 5.26 Å². The van der Waals surface area contributed by atoms with Crippen molar-refractivity contribution in [2.24, 2.45) is 0 Å². The van der Waals surface area contributed by atoms with E-state index in [1.807, 2.05) is 60.8 Å². The normalized spacial score (nSPS) is 12.7. The highest BCUT2D eigenvalue weighted by Gasteiger charge is 2.14. The number of hydrogen-bond donors (Lipinski definition) is 0. The van der Waals surface area contributed by atoms with Crippen LogP contribution in [0.2, 0.25) is 0 Å². The number of rotatable bonds is 5. The highest BCUT2D eigenvalue weighted by Crippen LogP contribution is 2.34. The third-order valence-corrected chi connectivity index (χ3v) is 4.90. The van der Waals surface area contributed by atoms with Gasteiger partial charge in [-0.3, -0.25) is 0 Å². The molecule has 1 aliphatic rings. The first-order valence-corrected chi connectivity index (χ1v) is 9.35. The lowest BCUT2D eigenvalue weighted by molar-refractivity contribution is 0.174. The average Bonchev–Trinajstić information content (AvgIpc) is 3.36. The molecule has 0 saturated carbocycles. The zero-order valence-electron chi connectivity index (χ0n) is 14.6. The van der Waals surface area contributed by atoms with Crippen molar-refractivity contribution in [2.75, 3.05) is 13.4 Å². The van der Waals surface area contributed by atoms with Gasteiger partial charge < -0.3 is 14.2 Å². The summed E-state index contributed by atoms with van der Waals surface area (Å²) in [6.07, 6.45) is 1.81. The van der Waals surface area contributed by atoms with E-state index in [4.69, 9.17) is 14.2 Å². The number of ether oxygens (including phenoxy) is 3. The van der Waals surface area contributed by atoms with E-state index in [1.54, 1.807) is 0 Å². The monoisotopic (exact) mass is 376 g/mol. The van der Waals surface area contributed by atoms with Gasteiger partial charge >= 0.3 is 0 Å². The van der Waals surface area contributed by atoms with Crippen LogP contribution in [0.5, 0.6) is 17.2 Å². The third kappa shape index (κ3) is 3.64. The van der Waals surface area contributed by atoms with Crippen molar-refractivity contribution in [1.29, 1.82) is 5.26 Å². The Bertz CT molecular complexity index is 1030. The lowest BCUT2D eigenvalue weighted by Crippen LogP contribution is -1.92. The largest absolute Gasteiger partial charge is 0.494 e. The molecular weight excluding hydrogens is 360 g/mol. The fourth-order valence-electron chi connectivity index (χ4n) is 2.73. The number of nitrogens with zero attached hydrogens (tertiary/aromatic N) is 2. The van der Waals surface area contributed by atoms with Gasteiger partial charge in [0.15, 0.2) is 11.5 Å². The summed E-state index contributed by atoms with van der Waals surface area (Å²) >= 11 is 1.45. The van der Waals surface area contributed by atoms with Gasteiger partial charge in [0.2, 0.25) is 6.79 Å². The maximum Gasteiger partial charge on any atom is 0.231 e. The molecule has 6 heteroatoms. The fraction of sp³-hybridized carbons (Fsp3) is 0.143. The summed E-state index contributed by atoms with van der Waals surface area (Å²) < 4.78 is 16.2. The van der Waals surface area contributed by atoms with E-state index in [0.29, 0.717) is 22.9 Å².